The fourth-order valence-electron chi connectivity index (χ4n) is 3.28. The second kappa shape index (κ2) is 6.24. The number of aliphatic carboxylic acids is 1. The van der Waals surface area contributed by atoms with Crippen LogP contribution in [0.15, 0.2) is 36.4 Å². The monoisotopic (exact) mass is 314 g/mol. The number of carbonyl (C=O) groups is 3. The number of allylic oxidation sites excluding steroid dienone is 2. The fourth-order valence-corrected chi connectivity index (χ4v) is 3.28. The Morgan fingerprint density at radius 3 is 2.39 bits per heavy atom. The van der Waals surface area contributed by atoms with Gasteiger partial charge in [0.25, 0.3) is 5.91 Å². The quantitative estimate of drug-likeness (QED) is 0.720. The lowest BCUT2D eigenvalue weighted by Gasteiger charge is -2.17. The number of fused-ring (bicyclic) bond motifs is 2. The molecule has 120 valence electrons. The first-order chi connectivity index (χ1) is 11.0. The van der Waals surface area contributed by atoms with Crippen LogP contribution in [0.5, 0.6) is 0 Å². The van der Waals surface area contributed by atoms with Gasteiger partial charge >= 0.3 is 5.97 Å². The van der Waals surface area contributed by atoms with Crippen LogP contribution in [0.25, 0.3) is 0 Å². The van der Waals surface area contributed by atoms with Crippen molar-refractivity contribution in [3.63, 3.8) is 0 Å². The Morgan fingerprint density at radius 2 is 1.83 bits per heavy atom. The van der Waals surface area contributed by atoms with Crippen molar-refractivity contribution in [2.24, 2.45) is 17.8 Å². The molecular weight excluding hydrogens is 296 g/mol. The molecule has 0 radical (unpaired) electrons. The van der Waals surface area contributed by atoms with E-state index in [1.807, 2.05) is 0 Å². The van der Waals surface area contributed by atoms with Crippen molar-refractivity contribution in [3.05, 3.63) is 42.0 Å². The normalized spacial score (nSPS) is 24.4. The minimum atomic E-state index is -1.10. The van der Waals surface area contributed by atoms with Gasteiger partial charge in [0, 0.05) is 17.2 Å². The van der Waals surface area contributed by atoms with E-state index in [1.165, 1.54) is 0 Å². The van der Waals surface area contributed by atoms with E-state index >= 15 is 0 Å². The van der Waals surface area contributed by atoms with E-state index < -0.39 is 18.4 Å². The molecule has 6 heteroatoms. The third kappa shape index (κ3) is 3.41. The maximum atomic E-state index is 12.3. The summed E-state index contributed by atoms with van der Waals surface area (Å²) in [5.74, 6) is -0.615. The van der Waals surface area contributed by atoms with E-state index in [9.17, 15) is 14.4 Å². The number of carboxylic acids is 1. The molecule has 0 aromatic heterocycles. The van der Waals surface area contributed by atoms with E-state index in [-0.39, 0.29) is 11.8 Å². The van der Waals surface area contributed by atoms with Gasteiger partial charge in [0.05, 0.1) is 0 Å². The maximum absolute atomic E-state index is 12.3. The van der Waals surface area contributed by atoms with Gasteiger partial charge in [-0.05, 0) is 48.9 Å². The zero-order valence-electron chi connectivity index (χ0n) is 12.5. The summed E-state index contributed by atoms with van der Waals surface area (Å²) in [5, 5.41) is 13.7. The Hall–Kier alpha value is -2.63. The molecule has 0 heterocycles. The van der Waals surface area contributed by atoms with E-state index in [4.69, 9.17) is 5.11 Å². The summed E-state index contributed by atoms with van der Waals surface area (Å²) < 4.78 is 0. The first kappa shape index (κ1) is 15.3. The van der Waals surface area contributed by atoms with Crippen LogP contribution in [0.2, 0.25) is 0 Å². The summed E-state index contributed by atoms with van der Waals surface area (Å²) in [6.45, 7) is -0.422. The van der Waals surface area contributed by atoms with Crippen molar-refractivity contribution in [1.29, 1.82) is 0 Å². The van der Waals surface area contributed by atoms with Crippen LogP contribution in [-0.2, 0) is 9.59 Å². The molecule has 23 heavy (non-hydrogen) atoms. The highest BCUT2D eigenvalue weighted by molar-refractivity contribution is 5.97. The van der Waals surface area contributed by atoms with Gasteiger partial charge in [-0.25, -0.2) is 0 Å². The first-order valence-electron chi connectivity index (χ1n) is 7.62. The third-order valence-electron chi connectivity index (χ3n) is 4.43. The smallest absolute Gasteiger partial charge is 0.322 e. The fraction of sp³-hybridized carbons (Fsp3) is 0.353. The number of amides is 2. The molecule has 3 atom stereocenters. The Bertz CT molecular complexity index is 666. The van der Waals surface area contributed by atoms with Gasteiger partial charge in [-0.1, -0.05) is 12.2 Å². The van der Waals surface area contributed by atoms with Crippen molar-refractivity contribution in [2.45, 2.75) is 12.8 Å². The van der Waals surface area contributed by atoms with Crippen molar-refractivity contribution >= 4 is 23.5 Å². The molecule has 3 rings (SSSR count). The Balaban J connectivity index is 1.57. The number of benzene rings is 1. The van der Waals surface area contributed by atoms with Crippen LogP contribution in [0, 0.1) is 17.8 Å². The number of rotatable bonds is 5. The molecule has 2 aliphatic rings. The Kier molecular flexibility index (Phi) is 4.14. The lowest BCUT2D eigenvalue weighted by molar-refractivity contribution is -0.135. The zero-order valence-corrected chi connectivity index (χ0v) is 12.5. The molecule has 2 bridgehead atoms. The minimum absolute atomic E-state index is 0.0185. The summed E-state index contributed by atoms with van der Waals surface area (Å²) in [5.41, 5.74) is 0.989. The van der Waals surface area contributed by atoms with Crippen molar-refractivity contribution < 1.29 is 19.5 Å². The van der Waals surface area contributed by atoms with Gasteiger partial charge in [0.1, 0.15) is 6.54 Å². The van der Waals surface area contributed by atoms with E-state index in [2.05, 4.69) is 22.8 Å². The van der Waals surface area contributed by atoms with Crippen molar-refractivity contribution in [1.82, 2.24) is 5.32 Å². The van der Waals surface area contributed by atoms with Crippen LogP contribution in [-0.4, -0.2) is 29.4 Å². The average Bonchev–Trinajstić information content (AvgIpc) is 3.16. The first-order valence-corrected chi connectivity index (χ1v) is 7.62. The molecule has 0 spiro atoms. The standard InChI is InChI=1S/C17H18N2O4/c20-15(21)9-18-16(22)11-3-5-13(6-4-11)19-17(23)14-8-10-1-2-12(14)7-10/h1-6,10,12,14H,7-9H2,(H,18,22)(H,19,23)(H,20,21). The third-order valence-corrected chi connectivity index (χ3v) is 4.43. The van der Waals surface area contributed by atoms with Crippen LogP contribution in [0.3, 0.4) is 0 Å². The van der Waals surface area contributed by atoms with Crippen LogP contribution in [0.4, 0.5) is 5.69 Å². The summed E-state index contributed by atoms with van der Waals surface area (Å²) in [7, 11) is 0. The summed E-state index contributed by atoms with van der Waals surface area (Å²) in [6.07, 6.45) is 6.30. The van der Waals surface area contributed by atoms with Crippen LogP contribution < -0.4 is 10.6 Å². The van der Waals surface area contributed by atoms with Gasteiger partial charge in [-0.15, -0.1) is 0 Å². The van der Waals surface area contributed by atoms with E-state index in [0.717, 1.165) is 12.8 Å². The van der Waals surface area contributed by atoms with Crippen molar-refractivity contribution in [2.75, 3.05) is 11.9 Å². The molecule has 2 amide bonds. The second-order valence-electron chi connectivity index (χ2n) is 6.03. The summed E-state index contributed by atoms with van der Waals surface area (Å²) >= 11 is 0. The molecule has 1 aromatic carbocycles. The SMILES string of the molecule is O=C(O)CNC(=O)c1ccc(NC(=O)C2CC3C=CC2C3)cc1. The highest BCUT2D eigenvalue weighted by Gasteiger charge is 2.39. The molecule has 1 saturated carbocycles. The number of hydrogen-bond acceptors (Lipinski definition) is 3. The molecule has 1 fully saturated rings. The molecule has 0 saturated heterocycles. The topological polar surface area (TPSA) is 95.5 Å². The van der Waals surface area contributed by atoms with Gasteiger partial charge < -0.3 is 15.7 Å². The largest absolute Gasteiger partial charge is 0.480 e. The van der Waals surface area contributed by atoms with Gasteiger partial charge in [-0.3, -0.25) is 14.4 Å². The van der Waals surface area contributed by atoms with Crippen LogP contribution >= 0.6 is 0 Å². The number of anilines is 1. The second-order valence-corrected chi connectivity index (χ2v) is 6.03. The average molecular weight is 314 g/mol. The molecule has 3 N–H and O–H groups in total. The Labute approximate surface area is 133 Å². The molecular formula is C17H18N2O4. The van der Waals surface area contributed by atoms with Gasteiger partial charge in [-0.2, -0.15) is 0 Å². The summed E-state index contributed by atoms with van der Waals surface area (Å²) in [4.78, 5) is 34.4. The van der Waals surface area contributed by atoms with Crippen molar-refractivity contribution in [3.8, 4) is 0 Å². The number of carboxylic acid groups (broad SMARTS) is 1. The maximum Gasteiger partial charge on any atom is 0.322 e. The predicted octanol–water partition coefficient (Wildman–Crippen LogP) is 1.65. The number of hydrogen-bond donors (Lipinski definition) is 3. The Morgan fingerprint density at radius 1 is 1.09 bits per heavy atom. The molecule has 3 unspecified atom stereocenters. The summed E-state index contributed by atoms with van der Waals surface area (Å²) in [6, 6.07) is 6.42. The molecule has 2 aliphatic carbocycles. The molecule has 1 aromatic rings. The molecule has 0 aliphatic heterocycles. The number of carbonyl (C=O) groups excluding carboxylic acids is 2. The minimum Gasteiger partial charge on any atom is -0.480 e. The van der Waals surface area contributed by atoms with Gasteiger partial charge in [0.2, 0.25) is 5.91 Å². The zero-order chi connectivity index (χ0) is 16.4. The molecule has 6 nitrogen and oxygen atoms in total. The number of nitrogens with one attached hydrogen (secondary N) is 2. The predicted molar refractivity (Wildman–Crippen MR) is 83.9 cm³/mol. The van der Waals surface area contributed by atoms with Crippen LogP contribution in [0.1, 0.15) is 23.2 Å². The highest BCUT2D eigenvalue weighted by atomic mass is 16.4. The highest BCUT2D eigenvalue weighted by Crippen LogP contribution is 2.43. The van der Waals surface area contributed by atoms with Gasteiger partial charge in [0.15, 0.2) is 0 Å². The lowest BCUT2D eigenvalue weighted by Crippen LogP contribution is -2.29. The van der Waals surface area contributed by atoms with E-state index in [0.29, 0.717) is 23.1 Å². The van der Waals surface area contributed by atoms with E-state index in [1.54, 1.807) is 24.3 Å². The lowest BCUT2D eigenvalue weighted by atomic mass is 9.93.